The van der Waals surface area contributed by atoms with E-state index in [1.54, 1.807) is 0 Å². The highest BCUT2D eigenvalue weighted by Gasteiger charge is 2.38. The lowest BCUT2D eigenvalue weighted by Crippen LogP contribution is -2.30. The maximum Gasteiger partial charge on any atom is 0.354 e. The molecule has 1 heterocycles. The Hall–Kier alpha value is 0.400. The van der Waals surface area contributed by atoms with Gasteiger partial charge in [-0.15, -0.1) is 0 Å². The van der Waals surface area contributed by atoms with Gasteiger partial charge in [-0.05, 0) is 0 Å². The molecule has 0 saturated carbocycles. The van der Waals surface area contributed by atoms with Gasteiger partial charge in [0.1, 0.15) is 0 Å². The van der Waals surface area contributed by atoms with Crippen molar-refractivity contribution in [3.8, 4) is 0 Å². The second kappa shape index (κ2) is 2.56. The largest absolute Gasteiger partial charge is 0.389 e. The van der Waals surface area contributed by atoms with E-state index in [0.29, 0.717) is 12.2 Å². The summed E-state index contributed by atoms with van der Waals surface area (Å²) in [5.74, 6) is 0.112. The smallest absolute Gasteiger partial charge is 0.354 e. The number of hydrogen-bond acceptors (Lipinski definition) is 3. The normalized spacial score (nSPS) is 25.3. The van der Waals surface area contributed by atoms with Crippen LogP contribution in [0.25, 0.3) is 0 Å². The summed E-state index contributed by atoms with van der Waals surface area (Å²) < 4.78 is 3.21. The summed E-state index contributed by atoms with van der Waals surface area (Å²) in [6, 6.07) is 0. The van der Waals surface area contributed by atoms with Crippen LogP contribution in [0.3, 0.4) is 0 Å². The molecule has 9 heavy (non-hydrogen) atoms. The van der Waals surface area contributed by atoms with Crippen LogP contribution in [-0.4, -0.2) is 16.1 Å². The van der Waals surface area contributed by atoms with Crippen molar-refractivity contribution in [2.45, 2.75) is 10.8 Å². The van der Waals surface area contributed by atoms with Gasteiger partial charge < -0.3 is 4.18 Å². The molecule has 0 unspecified atom stereocenters. The van der Waals surface area contributed by atoms with E-state index in [4.69, 9.17) is 23.2 Å². The Balaban J connectivity index is 2.60. The van der Waals surface area contributed by atoms with Gasteiger partial charge >= 0.3 is 5.97 Å². The molecule has 0 radical (unpaired) electrons. The highest BCUT2D eigenvalue weighted by atomic mass is 35.5. The van der Waals surface area contributed by atoms with E-state index in [0.717, 1.165) is 12.0 Å². The van der Waals surface area contributed by atoms with Crippen LogP contribution in [0.15, 0.2) is 0 Å². The maximum absolute atomic E-state index is 10.6. The predicted octanol–water partition coefficient (Wildman–Crippen LogP) is 1.76. The zero-order valence-corrected chi connectivity index (χ0v) is 6.72. The van der Waals surface area contributed by atoms with Crippen LogP contribution < -0.4 is 0 Å². The minimum atomic E-state index is -1.30. The molecule has 5 heteroatoms. The van der Waals surface area contributed by atoms with Crippen LogP contribution in [0, 0.1) is 0 Å². The molecule has 1 saturated heterocycles. The zero-order valence-electron chi connectivity index (χ0n) is 4.39. The highest BCUT2D eigenvalue weighted by molar-refractivity contribution is 7.95. The zero-order chi connectivity index (χ0) is 6.91. The number of halogens is 2. The van der Waals surface area contributed by atoms with Crippen LogP contribution >= 0.6 is 35.2 Å². The molecule has 2 nitrogen and oxygen atoms in total. The molecular formula is C4H4Cl2O2S. The third-order valence-electron chi connectivity index (χ3n) is 0.933. The number of hydrogen-bond donors (Lipinski definition) is 0. The van der Waals surface area contributed by atoms with Gasteiger partial charge in [0, 0.05) is 12.2 Å². The molecule has 0 N–H and O–H groups in total. The van der Waals surface area contributed by atoms with E-state index in [1.807, 2.05) is 0 Å². The van der Waals surface area contributed by atoms with Crippen LogP contribution in [0.4, 0.5) is 0 Å². The molecule has 0 spiro atoms. The van der Waals surface area contributed by atoms with Gasteiger partial charge in [-0.25, -0.2) is 4.79 Å². The third-order valence-corrected chi connectivity index (χ3v) is 2.26. The standard InChI is InChI=1S/C4H4Cl2O2S/c5-4(6)1-2-9-8-3(4)7/h1-2H2. The number of alkyl halides is 2. The van der Waals surface area contributed by atoms with Crippen LogP contribution in [0.5, 0.6) is 0 Å². The minimum Gasteiger partial charge on any atom is -0.389 e. The number of carbonyl (C=O) groups is 1. The Morgan fingerprint density at radius 1 is 1.67 bits per heavy atom. The van der Waals surface area contributed by atoms with Gasteiger partial charge in [-0.2, -0.15) is 0 Å². The summed E-state index contributed by atoms with van der Waals surface area (Å²) in [6.07, 6.45) is 0.458. The van der Waals surface area contributed by atoms with Crippen molar-refractivity contribution in [3.05, 3.63) is 0 Å². The summed E-state index contributed by atoms with van der Waals surface area (Å²) in [5.41, 5.74) is 0. The first-order chi connectivity index (χ1) is 4.13. The SMILES string of the molecule is O=C1OSCCC1(Cl)Cl. The fraction of sp³-hybridized carbons (Fsp3) is 0.750. The van der Waals surface area contributed by atoms with Crippen LogP contribution in [0.1, 0.15) is 6.42 Å². The van der Waals surface area contributed by atoms with Gasteiger partial charge in [-0.1, -0.05) is 23.2 Å². The summed E-state index contributed by atoms with van der Waals surface area (Å²) in [4.78, 5) is 10.6. The number of rotatable bonds is 0. The molecule has 0 atom stereocenters. The van der Waals surface area contributed by atoms with Gasteiger partial charge in [0.25, 0.3) is 0 Å². The van der Waals surface area contributed by atoms with E-state index in [-0.39, 0.29) is 0 Å². The average molecular weight is 187 g/mol. The molecule has 0 aromatic rings. The lowest BCUT2D eigenvalue weighted by Gasteiger charge is -2.20. The first-order valence-electron chi connectivity index (χ1n) is 2.35. The minimum absolute atomic E-state index is 0.458. The summed E-state index contributed by atoms with van der Waals surface area (Å²) >= 11 is 12.1. The second-order valence-corrected chi connectivity index (χ2v) is 3.94. The van der Waals surface area contributed by atoms with Crippen molar-refractivity contribution in [2.75, 3.05) is 5.75 Å². The first kappa shape index (κ1) is 7.51. The fourth-order valence-electron chi connectivity index (χ4n) is 0.428. The number of carbonyl (C=O) groups excluding carboxylic acids is 1. The van der Waals surface area contributed by atoms with Gasteiger partial charge in [0.05, 0.1) is 12.0 Å². The van der Waals surface area contributed by atoms with Crippen LogP contribution in [0.2, 0.25) is 0 Å². The molecule has 52 valence electrons. The topological polar surface area (TPSA) is 26.3 Å². The first-order valence-corrected chi connectivity index (χ1v) is 4.01. The summed E-state index contributed by atoms with van der Waals surface area (Å²) in [6.45, 7) is 0. The van der Waals surface area contributed by atoms with Gasteiger partial charge in [-0.3, -0.25) is 0 Å². The summed E-state index contributed by atoms with van der Waals surface area (Å²) in [5, 5.41) is 0. The molecular weight excluding hydrogens is 183 g/mol. The Bertz CT molecular complexity index is 137. The Labute approximate surface area is 67.0 Å². The molecule has 0 aromatic carbocycles. The lowest BCUT2D eigenvalue weighted by molar-refractivity contribution is -0.134. The fourth-order valence-corrected chi connectivity index (χ4v) is 1.73. The molecule has 0 amide bonds. The quantitative estimate of drug-likeness (QED) is 0.427. The van der Waals surface area contributed by atoms with Crippen molar-refractivity contribution >= 4 is 41.2 Å². The van der Waals surface area contributed by atoms with Crippen molar-refractivity contribution in [1.82, 2.24) is 0 Å². The Morgan fingerprint density at radius 2 is 2.33 bits per heavy atom. The average Bonchev–Trinajstić information content (AvgIpc) is 1.77. The molecule has 1 fully saturated rings. The third kappa shape index (κ3) is 1.66. The molecule has 1 aliphatic rings. The second-order valence-electron chi connectivity index (χ2n) is 1.65. The maximum atomic E-state index is 10.6. The van der Waals surface area contributed by atoms with Crippen molar-refractivity contribution < 1.29 is 8.98 Å². The molecule has 0 bridgehead atoms. The van der Waals surface area contributed by atoms with E-state index >= 15 is 0 Å². The monoisotopic (exact) mass is 186 g/mol. The van der Waals surface area contributed by atoms with Gasteiger partial charge in [0.2, 0.25) is 4.33 Å². The van der Waals surface area contributed by atoms with Crippen LogP contribution in [-0.2, 0) is 8.98 Å². The van der Waals surface area contributed by atoms with E-state index in [2.05, 4.69) is 4.18 Å². The van der Waals surface area contributed by atoms with Crippen molar-refractivity contribution in [3.63, 3.8) is 0 Å². The highest BCUT2D eigenvalue weighted by Crippen LogP contribution is 2.34. The lowest BCUT2D eigenvalue weighted by atomic mass is 10.3. The summed E-state index contributed by atoms with van der Waals surface area (Å²) in [7, 11) is 0. The van der Waals surface area contributed by atoms with E-state index in [9.17, 15) is 4.79 Å². The van der Waals surface area contributed by atoms with Gasteiger partial charge in [0.15, 0.2) is 0 Å². The molecule has 1 rings (SSSR count). The molecule has 0 aliphatic carbocycles. The predicted molar refractivity (Wildman–Crippen MR) is 37.6 cm³/mol. The van der Waals surface area contributed by atoms with E-state index < -0.39 is 10.3 Å². The molecule has 1 aliphatic heterocycles. The van der Waals surface area contributed by atoms with Crippen molar-refractivity contribution in [2.24, 2.45) is 0 Å². The Kier molecular flexibility index (Phi) is 2.14. The van der Waals surface area contributed by atoms with E-state index in [1.165, 1.54) is 0 Å². The van der Waals surface area contributed by atoms with Crippen molar-refractivity contribution in [1.29, 1.82) is 0 Å². The molecule has 0 aromatic heterocycles. The Morgan fingerprint density at radius 3 is 2.67 bits per heavy atom.